The van der Waals surface area contributed by atoms with Gasteiger partial charge in [-0.3, -0.25) is 0 Å². The number of alkyl halides is 2. The molecule has 0 N–H and O–H groups in total. The van der Waals surface area contributed by atoms with Crippen LogP contribution in [0.2, 0.25) is 0 Å². The van der Waals surface area contributed by atoms with E-state index in [1.165, 1.54) is 0 Å². The fourth-order valence-corrected chi connectivity index (χ4v) is 4.66. The third-order valence-electron chi connectivity index (χ3n) is 6.45. The van der Waals surface area contributed by atoms with Crippen LogP contribution in [0.3, 0.4) is 0 Å². The number of benzene rings is 4. The molecule has 0 fully saturated rings. The summed E-state index contributed by atoms with van der Waals surface area (Å²) in [7, 11) is 0. The highest BCUT2D eigenvalue weighted by Crippen LogP contribution is 2.59. The summed E-state index contributed by atoms with van der Waals surface area (Å²) in [6, 6.07) is 0. The first-order chi connectivity index (χ1) is 19.8. The van der Waals surface area contributed by atoms with E-state index in [-0.39, 0.29) is 0 Å². The molecule has 0 radical (unpaired) electrons. The Labute approximate surface area is 223 Å². The molecule has 1 aliphatic rings. The van der Waals surface area contributed by atoms with Gasteiger partial charge in [0, 0.05) is 33.4 Å². The lowest BCUT2D eigenvalue weighted by molar-refractivity contribution is 0.0430. The zero-order valence-corrected chi connectivity index (χ0v) is 19.3. The second kappa shape index (κ2) is 9.31. The first-order valence-corrected chi connectivity index (χ1v) is 10.7. The smallest absolute Gasteiger partial charge is 0.203 e. The lowest BCUT2D eigenvalue weighted by Crippen LogP contribution is -2.19. The van der Waals surface area contributed by atoms with Crippen LogP contribution in [0.15, 0.2) is 0 Å². The number of hydrogen-bond acceptors (Lipinski definition) is 0. The van der Waals surface area contributed by atoms with Crippen LogP contribution in [0.25, 0.3) is 33.4 Å². The number of halogens is 18. The van der Waals surface area contributed by atoms with Crippen LogP contribution in [-0.4, -0.2) is 0 Å². The van der Waals surface area contributed by atoms with Crippen molar-refractivity contribution < 1.29 is 79.0 Å². The van der Waals surface area contributed by atoms with Crippen molar-refractivity contribution >= 4 is 0 Å². The van der Waals surface area contributed by atoms with Crippen molar-refractivity contribution in [1.29, 1.82) is 0 Å². The van der Waals surface area contributed by atoms with Gasteiger partial charge in [0.2, 0.25) is 5.82 Å². The van der Waals surface area contributed by atoms with Crippen LogP contribution in [0.5, 0.6) is 0 Å². The van der Waals surface area contributed by atoms with Crippen LogP contribution in [0, 0.1) is 93.1 Å². The Balaban J connectivity index is 2.11. The highest BCUT2D eigenvalue weighted by Gasteiger charge is 2.55. The molecular weight excluding hydrogens is 642 g/mol. The number of fused-ring (bicyclic) bond motifs is 3. The van der Waals surface area contributed by atoms with E-state index in [1.807, 2.05) is 0 Å². The number of hydrogen-bond donors (Lipinski definition) is 0. The molecule has 0 aliphatic heterocycles. The first-order valence-electron chi connectivity index (χ1n) is 10.7. The van der Waals surface area contributed by atoms with Gasteiger partial charge in [-0.05, 0) is 0 Å². The molecule has 0 saturated carbocycles. The molecule has 0 atom stereocenters. The van der Waals surface area contributed by atoms with E-state index in [4.69, 9.17) is 0 Å². The van der Waals surface area contributed by atoms with Gasteiger partial charge in [0.05, 0.1) is 11.1 Å². The Hall–Kier alpha value is -4.38. The summed E-state index contributed by atoms with van der Waals surface area (Å²) >= 11 is 0. The predicted molar refractivity (Wildman–Crippen MR) is 105 cm³/mol. The monoisotopic (exact) mass is 642 g/mol. The molecule has 43 heavy (non-hydrogen) atoms. The Bertz CT molecular complexity index is 1930. The highest BCUT2D eigenvalue weighted by atomic mass is 19.3. The second-order valence-corrected chi connectivity index (χ2v) is 8.60. The standard InChI is InChI=1S/C25F18/c26-9-1(2(10(27)19(36)18(9)35)6-14(31)21(38)24(41)22(39)15(6)32)3-7-4(12(29)17(34)11(3)28)5-8(25(7,42)43)16(33)23(40)20(37)13(5)30. The molecule has 0 unspecified atom stereocenters. The maximum absolute atomic E-state index is 15.6. The van der Waals surface area contributed by atoms with E-state index in [0.717, 1.165) is 0 Å². The minimum Gasteiger partial charge on any atom is -0.203 e. The van der Waals surface area contributed by atoms with Crippen LogP contribution in [-0.2, 0) is 5.92 Å². The molecule has 0 bridgehead atoms. The summed E-state index contributed by atoms with van der Waals surface area (Å²) in [6.07, 6.45) is 0. The molecule has 18 heteroatoms. The molecule has 0 heterocycles. The van der Waals surface area contributed by atoms with Crippen LogP contribution < -0.4 is 0 Å². The van der Waals surface area contributed by atoms with Crippen molar-refractivity contribution in [3.8, 4) is 33.4 Å². The third kappa shape index (κ3) is 3.57. The van der Waals surface area contributed by atoms with Gasteiger partial charge in [-0.2, -0.15) is 8.78 Å². The van der Waals surface area contributed by atoms with E-state index < -0.39 is 144 Å². The van der Waals surface area contributed by atoms with Crippen molar-refractivity contribution in [2.75, 3.05) is 0 Å². The Morgan fingerprint density at radius 2 is 0.419 bits per heavy atom. The zero-order valence-electron chi connectivity index (χ0n) is 19.3. The summed E-state index contributed by atoms with van der Waals surface area (Å²) in [4.78, 5) is 0. The van der Waals surface area contributed by atoms with Gasteiger partial charge in [-0.15, -0.1) is 0 Å². The SMILES string of the molecule is Fc1c(F)c(F)c(-c2c(F)c(F)c(F)c(F)c2-c2c(F)c(F)c(F)c3c2C(F)(F)c2c(F)c(F)c(F)c(F)c2-3)c(F)c1F. The minimum absolute atomic E-state index is 2.39. The van der Waals surface area contributed by atoms with Crippen molar-refractivity contribution in [1.82, 2.24) is 0 Å². The second-order valence-electron chi connectivity index (χ2n) is 8.60. The van der Waals surface area contributed by atoms with Crippen molar-refractivity contribution in [2.45, 2.75) is 5.92 Å². The molecule has 0 aromatic heterocycles. The normalized spacial score (nSPS) is 13.5. The van der Waals surface area contributed by atoms with Gasteiger partial charge in [-0.25, -0.2) is 70.2 Å². The maximum Gasteiger partial charge on any atom is 0.303 e. The Morgan fingerprint density at radius 3 is 0.814 bits per heavy atom. The van der Waals surface area contributed by atoms with Gasteiger partial charge >= 0.3 is 5.92 Å². The van der Waals surface area contributed by atoms with Gasteiger partial charge in [0.15, 0.2) is 87.3 Å². The highest BCUT2D eigenvalue weighted by molar-refractivity contribution is 5.94. The van der Waals surface area contributed by atoms with E-state index in [2.05, 4.69) is 0 Å². The molecule has 5 rings (SSSR count). The summed E-state index contributed by atoms with van der Waals surface area (Å²) in [5.41, 5.74) is -21.7. The molecule has 0 nitrogen and oxygen atoms in total. The molecule has 4 aromatic carbocycles. The lowest BCUT2D eigenvalue weighted by atomic mass is 9.86. The molecule has 226 valence electrons. The van der Waals surface area contributed by atoms with Crippen molar-refractivity contribution in [3.05, 3.63) is 104 Å². The molecule has 0 spiro atoms. The molecule has 4 aromatic rings. The molecule has 1 aliphatic carbocycles. The average Bonchev–Trinajstić information content (AvgIpc) is 3.21. The average molecular weight is 642 g/mol. The lowest BCUT2D eigenvalue weighted by Gasteiger charge is -2.22. The van der Waals surface area contributed by atoms with E-state index in [9.17, 15) is 57.1 Å². The maximum atomic E-state index is 15.6. The van der Waals surface area contributed by atoms with Crippen LogP contribution in [0.1, 0.15) is 11.1 Å². The van der Waals surface area contributed by atoms with Crippen molar-refractivity contribution in [2.24, 2.45) is 0 Å². The first kappa shape index (κ1) is 30.1. The van der Waals surface area contributed by atoms with Crippen molar-refractivity contribution in [3.63, 3.8) is 0 Å². The van der Waals surface area contributed by atoms with Gasteiger partial charge in [-0.1, -0.05) is 0 Å². The van der Waals surface area contributed by atoms with Gasteiger partial charge in [0.1, 0.15) is 0 Å². The summed E-state index contributed by atoms with van der Waals surface area (Å²) in [5.74, 6) is -55.1. The quantitative estimate of drug-likeness (QED) is 0.116. The van der Waals surface area contributed by atoms with E-state index >= 15 is 22.0 Å². The Kier molecular flexibility index (Phi) is 6.51. The largest absolute Gasteiger partial charge is 0.303 e. The molecule has 0 amide bonds. The Morgan fingerprint density at radius 1 is 0.209 bits per heavy atom. The number of rotatable bonds is 2. The third-order valence-corrected chi connectivity index (χ3v) is 6.45. The van der Waals surface area contributed by atoms with E-state index in [1.54, 1.807) is 0 Å². The predicted octanol–water partition coefficient (Wildman–Crippen LogP) is 9.37. The van der Waals surface area contributed by atoms with Gasteiger partial charge in [0.25, 0.3) is 0 Å². The fourth-order valence-electron chi connectivity index (χ4n) is 4.66. The minimum atomic E-state index is -5.68. The summed E-state index contributed by atoms with van der Waals surface area (Å²) in [5, 5.41) is 0. The summed E-state index contributed by atoms with van der Waals surface area (Å²) < 4.78 is 262. The van der Waals surface area contributed by atoms with Gasteiger partial charge < -0.3 is 0 Å². The fraction of sp³-hybridized carbons (Fsp3) is 0.0400. The van der Waals surface area contributed by atoms with Crippen LogP contribution >= 0.6 is 0 Å². The summed E-state index contributed by atoms with van der Waals surface area (Å²) in [6.45, 7) is 0. The zero-order chi connectivity index (χ0) is 32.4. The molecule has 0 saturated heterocycles. The van der Waals surface area contributed by atoms with Crippen LogP contribution in [0.4, 0.5) is 79.0 Å². The molecular formula is C25F18. The van der Waals surface area contributed by atoms with E-state index in [0.29, 0.717) is 0 Å². The topological polar surface area (TPSA) is 0 Å².